The zero-order valence-corrected chi connectivity index (χ0v) is 19.2. The molecule has 174 valence electrons. The number of guanidine groups is 1. The van der Waals surface area contributed by atoms with E-state index >= 15 is 0 Å². The van der Waals surface area contributed by atoms with Crippen LogP contribution in [0.25, 0.3) is 11.0 Å². The lowest BCUT2D eigenvalue weighted by Crippen LogP contribution is -2.45. The molecule has 2 N–H and O–H groups in total. The van der Waals surface area contributed by atoms with E-state index in [-0.39, 0.29) is 24.3 Å². The summed E-state index contributed by atoms with van der Waals surface area (Å²) in [5.74, 6) is 0.897. The predicted octanol–water partition coefficient (Wildman–Crippen LogP) is 2.89. The first kappa shape index (κ1) is 22.6. The van der Waals surface area contributed by atoms with Gasteiger partial charge in [-0.3, -0.25) is 14.9 Å². The molecule has 2 amide bonds. The van der Waals surface area contributed by atoms with Crippen LogP contribution >= 0.6 is 0 Å². The molecule has 2 saturated heterocycles. The molecule has 3 heterocycles. The van der Waals surface area contributed by atoms with Crippen LogP contribution < -0.4 is 10.6 Å². The van der Waals surface area contributed by atoms with Crippen LogP contribution in [0, 0.1) is 25.3 Å². The molecule has 0 unspecified atom stereocenters. The minimum Gasteiger partial charge on any atom is -0.461 e. The monoisotopic (exact) mass is 450 g/mol. The number of aryl methyl sites for hydroxylation is 2. The first-order chi connectivity index (χ1) is 16.0. The van der Waals surface area contributed by atoms with Crippen molar-refractivity contribution < 1.29 is 14.0 Å². The summed E-state index contributed by atoms with van der Waals surface area (Å²) in [5, 5.41) is 15.9. The third-order valence-electron chi connectivity index (χ3n) is 6.43. The normalized spacial score (nSPS) is 19.5. The number of amides is 2. The second-order valence-corrected chi connectivity index (χ2v) is 8.69. The van der Waals surface area contributed by atoms with E-state index in [1.807, 2.05) is 43.1 Å². The van der Waals surface area contributed by atoms with Gasteiger partial charge in [0.2, 0.25) is 17.8 Å². The Labute approximate surface area is 193 Å². The number of nitriles is 1. The molecular weight excluding hydrogens is 420 g/mol. The molecule has 4 rings (SSSR count). The van der Waals surface area contributed by atoms with Gasteiger partial charge >= 0.3 is 0 Å². The van der Waals surface area contributed by atoms with E-state index in [9.17, 15) is 14.9 Å². The van der Waals surface area contributed by atoms with E-state index < -0.39 is 6.04 Å². The minimum atomic E-state index is -0.649. The van der Waals surface area contributed by atoms with Gasteiger partial charge in [0.15, 0.2) is 6.19 Å². The summed E-state index contributed by atoms with van der Waals surface area (Å²) < 4.78 is 5.73. The summed E-state index contributed by atoms with van der Waals surface area (Å²) in [6.45, 7) is 6.09. The zero-order chi connectivity index (χ0) is 23.4. The molecule has 1 aromatic carbocycles. The number of benzene rings is 1. The number of anilines is 1. The number of carbonyl (C=O) groups excluding carboxylic acids is 2. The Morgan fingerprint density at radius 1 is 1.21 bits per heavy atom. The van der Waals surface area contributed by atoms with E-state index in [1.54, 1.807) is 4.90 Å². The molecule has 9 heteroatoms. The van der Waals surface area contributed by atoms with E-state index in [1.165, 1.54) is 0 Å². The van der Waals surface area contributed by atoms with Gasteiger partial charge in [0.05, 0.1) is 6.54 Å². The summed E-state index contributed by atoms with van der Waals surface area (Å²) in [5.41, 5.74) is 2.58. The van der Waals surface area contributed by atoms with E-state index in [0.29, 0.717) is 13.0 Å². The number of nitrogens with one attached hydrogen (secondary N) is 2. The molecule has 2 aromatic rings. The highest BCUT2D eigenvalue weighted by Gasteiger charge is 2.30. The van der Waals surface area contributed by atoms with Crippen LogP contribution in [-0.4, -0.2) is 59.8 Å². The highest BCUT2D eigenvalue weighted by atomic mass is 16.3. The lowest BCUT2D eigenvalue weighted by Gasteiger charge is -2.25. The van der Waals surface area contributed by atoms with Gasteiger partial charge in [-0.05, 0) is 69.7 Å². The minimum absolute atomic E-state index is 0.00180. The molecule has 2 aliphatic rings. The van der Waals surface area contributed by atoms with Crippen molar-refractivity contribution in [1.29, 1.82) is 5.26 Å². The van der Waals surface area contributed by atoms with Gasteiger partial charge < -0.3 is 19.5 Å². The highest BCUT2D eigenvalue weighted by Crippen LogP contribution is 2.27. The second-order valence-electron chi connectivity index (χ2n) is 8.69. The Kier molecular flexibility index (Phi) is 6.82. The lowest BCUT2D eigenvalue weighted by atomic mass is 10.1. The summed E-state index contributed by atoms with van der Waals surface area (Å²) >= 11 is 0. The summed E-state index contributed by atoms with van der Waals surface area (Å²) in [7, 11) is 0. The van der Waals surface area contributed by atoms with Crippen LogP contribution in [0.1, 0.15) is 43.4 Å². The van der Waals surface area contributed by atoms with Gasteiger partial charge in [-0.25, -0.2) is 4.99 Å². The number of aliphatic imine (C=N–C) groups is 1. The molecule has 0 bridgehead atoms. The fourth-order valence-corrected chi connectivity index (χ4v) is 4.45. The summed E-state index contributed by atoms with van der Waals surface area (Å²) in [6.07, 6.45) is 6.16. The fourth-order valence-electron chi connectivity index (χ4n) is 4.45. The SMILES string of the molecule is Cc1oc2ccc(NC(=N[C@H]3CCCCN(CC(=O)N4CCCC4)C3=O)NC#N)cc2c1C. The van der Waals surface area contributed by atoms with E-state index in [2.05, 4.69) is 15.6 Å². The van der Waals surface area contributed by atoms with Crippen LogP contribution in [0.4, 0.5) is 5.69 Å². The maximum absolute atomic E-state index is 13.2. The van der Waals surface area contributed by atoms with Crippen molar-refractivity contribution >= 4 is 34.4 Å². The van der Waals surface area contributed by atoms with Gasteiger partial charge in [0, 0.05) is 30.7 Å². The molecule has 0 radical (unpaired) electrons. The largest absolute Gasteiger partial charge is 0.461 e. The molecule has 1 atom stereocenters. The molecule has 2 fully saturated rings. The summed E-state index contributed by atoms with van der Waals surface area (Å²) in [6, 6.07) is 4.99. The van der Waals surface area contributed by atoms with Crippen molar-refractivity contribution in [1.82, 2.24) is 15.1 Å². The average molecular weight is 451 g/mol. The number of furan rings is 1. The average Bonchev–Trinajstić information content (AvgIpc) is 3.39. The van der Waals surface area contributed by atoms with Crippen molar-refractivity contribution in [3.05, 3.63) is 29.5 Å². The van der Waals surface area contributed by atoms with Crippen LogP contribution in [0.5, 0.6) is 0 Å². The van der Waals surface area contributed by atoms with Crippen LogP contribution in [0.2, 0.25) is 0 Å². The molecule has 2 aliphatic heterocycles. The topological polar surface area (TPSA) is 114 Å². The summed E-state index contributed by atoms with van der Waals surface area (Å²) in [4.78, 5) is 33.8. The number of fused-ring (bicyclic) bond motifs is 1. The Morgan fingerprint density at radius 2 is 1.97 bits per heavy atom. The Morgan fingerprint density at radius 3 is 2.73 bits per heavy atom. The quantitative estimate of drug-likeness (QED) is 0.320. The third kappa shape index (κ3) is 5.11. The van der Waals surface area contributed by atoms with Crippen molar-refractivity contribution in [2.75, 3.05) is 31.5 Å². The first-order valence-corrected chi connectivity index (χ1v) is 11.5. The number of nitrogens with zero attached hydrogens (tertiary/aromatic N) is 4. The first-order valence-electron chi connectivity index (χ1n) is 11.5. The van der Waals surface area contributed by atoms with Crippen molar-refractivity contribution in [3.63, 3.8) is 0 Å². The van der Waals surface area contributed by atoms with Crippen molar-refractivity contribution in [2.24, 2.45) is 4.99 Å². The Hall–Kier alpha value is -3.54. The maximum Gasteiger partial charge on any atom is 0.247 e. The molecule has 33 heavy (non-hydrogen) atoms. The molecular formula is C24H30N6O3. The predicted molar refractivity (Wildman–Crippen MR) is 126 cm³/mol. The Bertz CT molecular complexity index is 1110. The van der Waals surface area contributed by atoms with Gasteiger partial charge in [0.25, 0.3) is 0 Å². The van der Waals surface area contributed by atoms with Gasteiger partial charge in [-0.1, -0.05) is 0 Å². The van der Waals surface area contributed by atoms with Gasteiger partial charge in [-0.15, -0.1) is 0 Å². The van der Waals surface area contributed by atoms with Crippen LogP contribution in [0.3, 0.4) is 0 Å². The zero-order valence-electron chi connectivity index (χ0n) is 19.2. The van der Waals surface area contributed by atoms with E-state index in [0.717, 1.165) is 66.8 Å². The lowest BCUT2D eigenvalue weighted by molar-refractivity contribution is -0.140. The highest BCUT2D eigenvalue weighted by molar-refractivity contribution is 5.99. The Balaban J connectivity index is 1.51. The maximum atomic E-state index is 13.2. The standard InChI is InChI=1S/C24H30N6O3/c1-16-17(2)33-21-9-8-18(13-19(16)21)27-24(26-15-25)28-20-7-3-4-12-30(23(20)32)14-22(31)29-10-5-6-11-29/h8-9,13,20H,3-7,10-12,14H2,1-2H3,(H2,26,27,28)/t20-/m0/s1. The van der Waals surface area contributed by atoms with Gasteiger partial charge in [0.1, 0.15) is 17.4 Å². The van der Waals surface area contributed by atoms with Crippen molar-refractivity contribution in [2.45, 2.75) is 52.0 Å². The number of carbonyl (C=O) groups is 2. The third-order valence-corrected chi connectivity index (χ3v) is 6.43. The number of hydrogen-bond acceptors (Lipinski definition) is 5. The fraction of sp³-hybridized carbons (Fsp3) is 0.500. The number of hydrogen-bond donors (Lipinski definition) is 2. The van der Waals surface area contributed by atoms with Crippen LogP contribution in [0.15, 0.2) is 27.6 Å². The van der Waals surface area contributed by atoms with Crippen LogP contribution in [-0.2, 0) is 9.59 Å². The number of rotatable bonds is 4. The molecule has 0 aliphatic carbocycles. The van der Waals surface area contributed by atoms with Gasteiger partial charge in [-0.2, -0.15) is 5.26 Å². The smallest absolute Gasteiger partial charge is 0.247 e. The number of likely N-dealkylation sites (tertiary alicyclic amines) is 2. The van der Waals surface area contributed by atoms with E-state index in [4.69, 9.17) is 4.42 Å². The molecule has 0 saturated carbocycles. The molecule has 9 nitrogen and oxygen atoms in total. The van der Waals surface area contributed by atoms with Crippen molar-refractivity contribution in [3.8, 4) is 6.19 Å². The molecule has 1 aromatic heterocycles. The molecule has 0 spiro atoms. The second kappa shape index (κ2) is 9.94.